The Hall–Kier alpha value is -2.82. The largest absolute Gasteiger partial charge is 0.472 e. The third-order valence-electron chi connectivity index (χ3n) is 4.68. The average Bonchev–Trinajstić information content (AvgIpc) is 2.62. The van der Waals surface area contributed by atoms with Crippen molar-refractivity contribution in [1.29, 1.82) is 0 Å². The SMILES string of the molecule is CCc1cc(=O)oc2c(C)c3c(cc12)CN(c1ccc(F)cc1)CO3. The predicted octanol–water partition coefficient (Wildman–Crippen LogP) is 4.16. The van der Waals surface area contributed by atoms with Crippen molar-refractivity contribution in [3.8, 4) is 5.75 Å². The first-order valence-electron chi connectivity index (χ1n) is 8.29. The molecule has 0 atom stereocenters. The van der Waals surface area contributed by atoms with E-state index < -0.39 is 0 Å². The van der Waals surface area contributed by atoms with Crippen LogP contribution in [0.25, 0.3) is 11.0 Å². The molecule has 2 heterocycles. The van der Waals surface area contributed by atoms with Crippen molar-refractivity contribution < 1.29 is 13.5 Å². The molecule has 4 rings (SSSR count). The van der Waals surface area contributed by atoms with Gasteiger partial charge in [0.15, 0.2) is 6.73 Å². The lowest BCUT2D eigenvalue weighted by atomic mass is 9.99. The van der Waals surface area contributed by atoms with Crippen LogP contribution in [0.15, 0.2) is 45.6 Å². The third kappa shape index (κ3) is 2.65. The van der Waals surface area contributed by atoms with Gasteiger partial charge in [0, 0.05) is 34.8 Å². The standard InChI is InChI=1S/C20H18FNO3/c1-3-13-9-18(23)25-20-12(2)19-14(8-17(13)20)10-22(11-24-19)16-6-4-15(21)5-7-16/h4-9H,3,10-11H2,1-2H3. The Bertz CT molecular complexity index is 1010. The highest BCUT2D eigenvalue weighted by Gasteiger charge is 2.23. The van der Waals surface area contributed by atoms with Gasteiger partial charge in [-0.05, 0) is 49.2 Å². The molecule has 0 N–H and O–H groups in total. The maximum absolute atomic E-state index is 13.2. The number of ether oxygens (including phenoxy) is 1. The Labute approximate surface area is 144 Å². The van der Waals surface area contributed by atoms with E-state index in [1.807, 2.05) is 24.8 Å². The smallest absolute Gasteiger partial charge is 0.336 e. The lowest BCUT2D eigenvalue weighted by Crippen LogP contribution is -2.32. The van der Waals surface area contributed by atoms with Gasteiger partial charge in [-0.2, -0.15) is 0 Å². The summed E-state index contributed by atoms with van der Waals surface area (Å²) < 4.78 is 24.5. The van der Waals surface area contributed by atoms with E-state index in [0.717, 1.165) is 39.9 Å². The van der Waals surface area contributed by atoms with E-state index in [9.17, 15) is 9.18 Å². The quantitative estimate of drug-likeness (QED) is 0.658. The van der Waals surface area contributed by atoms with Gasteiger partial charge < -0.3 is 14.1 Å². The van der Waals surface area contributed by atoms with Crippen LogP contribution in [0, 0.1) is 12.7 Å². The molecule has 3 aromatic rings. The number of halogens is 1. The maximum atomic E-state index is 13.2. The minimum Gasteiger partial charge on any atom is -0.472 e. The van der Waals surface area contributed by atoms with Gasteiger partial charge >= 0.3 is 5.63 Å². The van der Waals surface area contributed by atoms with Crippen LogP contribution in [0.4, 0.5) is 10.1 Å². The van der Waals surface area contributed by atoms with Gasteiger partial charge in [-0.1, -0.05) is 6.92 Å². The first kappa shape index (κ1) is 15.7. The van der Waals surface area contributed by atoms with Gasteiger partial charge in [-0.3, -0.25) is 0 Å². The molecule has 4 nitrogen and oxygen atoms in total. The average molecular weight is 339 g/mol. The maximum Gasteiger partial charge on any atom is 0.336 e. The van der Waals surface area contributed by atoms with Crippen molar-refractivity contribution in [3.63, 3.8) is 0 Å². The van der Waals surface area contributed by atoms with Crippen LogP contribution in [0.1, 0.15) is 23.6 Å². The molecule has 25 heavy (non-hydrogen) atoms. The second kappa shape index (κ2) is 5.92. The molecular weight excluding hydrogens is 321 g/mol. The zero-order valence-electron chi connectivity index (χ0n) is 14.1. The van der Waals surface area contributed by atoms with Gasteiger partial charge in [-0.25, -0.2) is 9.18 Å². The van der Waals surface area contributed by atoms with Crippen LogP contribution in [0.5, 0.6) is 5.75 Å². The Kier molecular flexibility index (Phi) is 3.71. The molecule has 0 saturated heterocycles. The van der Waals surface area contributed by atoms with E-state index >= 15 is 0 Å². The summed E-state index contributed by atoms with van der Waals surface area (Å²) >= 11 is 0. The first-order chi connectivity index (χ1) is 12.1. The summed E-state index contributed by atoms with van der Waals surface area (Å²) in [5.74, 6) is 0.508. The highest BCUT2D eigenvalue weighted by Crippen LogP contribution is 2.36. The fraction of sp³-hybridized carbons (Fsp3) is 0.250. The topological polar surface area (TPSA) is 42.7 Å². The van der Waals surface area contributed by atoms with Crippen LogP contribution in [0.3, 0.4) is 0 Å². The van der Waals surface area contributed by atoms with Gasteiger partial charge in [-0.15, -0.1) is 0 Å². The van der Waals surface area contributed by atoms with Crippen LogP contribution >= 0.6 is 0 Å². The number of benzene rings is 2. The predicted molar refractivity (Wildman–Crippen MR) is 94.7 cm³/mol. The summed E-state index contributed by atoms with van der Waals surface area (Å²) in [6.45, 7) is 4.95. The molecule has 0 radical (unpaired) electrons. The lowest BCUT2D eigenvalue weighted by Gasteiger charge is -2.32. The van der Waals surface area contributed by atoms with Crippen molar-refractivity contribution in [2.24, 2.45) is 0 Å². The molecule has 0 bridgehead atoms. The molecule has 1 aliphatic heterocycles. The van der Waals surface area contributed by atoms with E-state index in [1.165, 1.54) is 12.1 Å². The Balaban J connectivity index is 1.82. The fourth-order valence-electron chi connectivity index (χ4n) is 3.39. The molecule has 0 saturated carbocycles. The van der Waals surface area contributed by atoms with E-state index in [-0.39, 0.29) is 11.4 Å². The van der Waals surface area contributed by atoms with Gasteiger partial charge in [0.1, 0.15) is 17.1 Å². The summed E-state index contributed by atoms with van der Waals surface area (Å²) in [4.78, 5) is 13.8. The third-order valence-corrected chi connectivity index (χ3v) is 4.68. The molecule has 2 aromatic carbocycles. The van der Waals surface area contributed by atoms with Crippen LogP contribution in [-0.2, 0) is 13.0 Å². The minimum atomic E-state index is -0.337. The van der Waals surface area contributed by atoms with Gasteiger partial charge in [0.05, 0.1) is 0 Å². The molecular formula is C20H18FNO3. The summed E-state index contributed by atoms with van der Waals surface area (Å²) in [7, 11) is 0. The second-order valence-corrected chi connectivity index (χ2v) is 6.26. The number of fused-ring (bicyclic) bond motifs is 2. The fourth-order valence-corrected chi connectivity index (χ4v) is 3.39. The number of aryl methyl sites for hydroxylation is 2. The number of hydrogen-bond acceptors (Lipinski definition) is 4. The van der Waals surface area contributed by atoms with E-state index in [4.69, 9.17) is 9.15 Å². The molecule has 128 valence electrons. The van der Waals surface area contributed by atoms with Crippen molar-refractivity contribution in [3.05, 3.63) is 69.3 Å². The number of anilines is 1. The molecule has 0 amide bonds. The lowest BCUT2D eigenvalue weighted by molar-refractivity contribution is 0.287. The van der Waals surface area contributed by atoms with E-state index in [0.29, 0.717) is 18.9 Å². The molecule has 0 aliphatic carbocycles. The van der Waals surface area contributed by atoms with E-state index in [2.05, 4.69) is 0 Å². The zero-order valence-corrected chi connectivity index (χ0v) is 14.1. The summed E-state index contributed by atoms with van der Waals surface area (Å²) in [6.07, 6.45) is 0.753. The van der Waals surface area contributed by atoms with E-state index in [1.54, 1.807) is 18.2 Å². The molecule has 5 heteroatoms. The molecule has 0 unspecified atom stereocenters. The Morgan fingerprint density at radius 2 is 1.96 bits per heavy atom. The van der Waals surface area contributed by atoms with Crippen molar-refractivity contribution >= 4 is 16.7 Å². The highest BCUT2D eigenvalue weighted by atomic mass is 19.1. The number of rotatable bonds is 2. The van der Waals surface area contributed by atoms with Crippen LogP contribution in [-0.4, -0.2) is 6.73 Å². The Morgan fingerprint density at radius 1 is 1.20 bits per heavy atom. The van der Waals surface area contributed by atoms with Crippen molar-refractivity contribution in [2.75, 3.05) is 11.6 Å². The van der Waals surface area contributed by atoms with Crippen molar-refractivity contribution in [1.82, 2.24) is 0 Å². The summed E-state index contributed by atoms with van der Waals surface area (Å²) in [5.41, 5.74) is 4.01. The molecule has 0 spiro atoms. The van der Waals surface area contributed by atoms with Gasteiger partial charge in [0.25, 0.3) is 0 Å². The Morgan fingerprint density at radius 3 is 2.68 bits per heavy atom. The normalized spacial score (nSPS) is 13.6. The highest BCUT2D eigenvalue weighted by molar-refractivity contribution is 5.86. The summed E-state index contributed by atoms with van der Waals surface area (Å²) in [6, 6.07) is 9.97. The number of nitrogens with zero attached hydrogens (tertiary/aromatic N) is 1. The minimum absolute atomic E-state index is 0.258. The van der Waals surface area contributed by atoms with Crippen LogP contribution in [0.2, 0.25) is 0 Å². The zero-order chi connectivity index (χ0) is 17.6. The van der Waals surface area contributed by atoms with Gasteiger partial charge in [0.2, 0.25) is 0 Å². The van der Waals surface area contributed by atoms with Crippen molar-refractivity contribution in [2.45, 2.75) is 26.8 Å². The monoisotopic (exact) mass is 339 g/mol. The molecule has 0 fully saturated rings. The molecule has 1 aliphatic rings. The first-order valence-corrected chi connectivity index (χ1v) is 8.29. The van der Waals surface area contributed by atoms with Crippen LogP contribution < -0.4 is 15.3 Å². The molecule has 1 aromatic heterocycles. The second-order valence-electron chi connectivity index (χ2n) is 6.26. The summed E-state index contributed by atoms with van der Waals surface area (Å²) in [5, 5.41) is 0.947. The number of hydrogen-bond donors (Lipinski definition) is 0.